The first-order valence-electron chi connectivity index (χ1n) is 6.92. The molecule has 0 fully saturated rings. The van der Waals surface area contributed by atoms with Gasteiger partial charge >= 0.3 is 0 Å². The Bertz CT molecular complexity index is 610. The van der Waals surface area contributed by atoms with Crippen LogP contribution in [0.2, 0.25) is 0 Å². The molecule has 2 aromatic carbocycles. The van der Waals surface area contributed by atoms with Gasteiger partial charge in [0.15, 0.2) is 11.5 Å². The van der Waals surface area contributed by atoms with Crippen molar-refractivity contribution in [1.82, 2.24) is 4.90 Å². The van der Waals surface area contributed by atoms with Gasteiger partial charge in [0.25, 0.3) is 0 Å². The lowest BCUT2D eigenvalue weighted by molar-refractivity contribution is 0.241. The molecule has 1 N–H and O–H groups in total. The number of methoxy groups -OCH3 is 1. The van der Waals surface area contributed by atoms with Crippen molar-refractivity contribution in [2.75, 3.05) is 13.7 Å². The number of benzene rings is 2. The average Bonchev–Trinajstić information content (AvgIpc) is 2.49. The van der Waals surface area contributed by atoms with Gasteiger partial charge in [-0.25, -0.2) is 0 Å². The number of para-hydroxylation sites is 1. The third-order valence-corrected chi connectivity index (χ3v) is 3.91. The summed E-state index contributed by atoms with van der Waals surface area (Å²) < 4.78 is 5.16. The predicted molar refractivity (Wildman–Crippen MR) is 78.9 cm³/mol. The van der Waals surface area contributed by atoms with Gasteiger partial charge in [-0.1, -0.05) is 36.4 Å². The Morgan fingerprint density at radius 3 is 2.70 bits per heavy atom. The molecule has 0 aliphatic carbocycles. The number of phenols is 1. The summed E-state index contributed by atoms with van der Waals surface area (Å²) in [6.45, 7) is 2.71. The van der Waals surface area contributed by atoms with Crippen molar-refractivity contribution >= 4 is 0 Å². The van der Waals surface area contributed by atoms with E-state index in [4.69, 9.17) is 4.74 Å². The normalized spacial score (nSPS) is 14.8. The van der Waals surface area contributed by atoms with E-state index in [1.165, 1.54) is 11.1 Å². The molecule has 20 heavy (non-hydrogen) atoms. The van der Waals surface area contributed by atoms with Crippen molar-refractivity contribution in [3.05, 3.63) is 59.2 Å². The molecule has 1 aliphatic heterocycles. The van der Waals surface area contributed by atoms with Crippen molar-refractivity contribution in [1.29, 1.82) is 0 Å². The molecule has 3 heteroatoms. The molecule has 0 spiro atoms. The molecular formula is C17H19NO2. The van der Waals surface area contributed by atoms with E-state index in [2.05, 4.69) is 29.2 Å². The van der Waals surface area contributed by atoms with E-state index in [0.717, 1.165) is 31.6 Å². The molecule has 3 rings (SSSR count). The first-order valence-corrected chi connectivity index (χ1v) is 6.92. The number of phenolic OH excluding ortho intramolecular Hbond substituents is 1. The molecule has 1 aliphatic rings. The maximum absolute atomic E-state index is 10.2. The van der Waals surface area contributed by atoms with Gasteiger partial charge in [-0.3, -0.25) is 4.90 Å². The van der Waals surface area contributed by atoms with Crippen molar-refractivity contribution in [2.45, 2.75) is 19.5 Å². The first-order chi connectivity index (χ1) is 9.78. The Labute approximate surface area is 119 Å². The van der Waals surface area contributed by atoms with Gasteiger partial charge in [-0.05, 0) is 23.6 Å². The lowest BCUT2D eigenvalue weighted by Gasteiger charge is -2.29. The summed E-state index contributed by atoms with van der Waals surface area (Å²) in [4.78, 5) is 2.36. The SMILES string of the molecule is COc1cccc(CN2CCc3ccccc3C2)c1O. The standard InChI is InChI=1S/C17H19NO2/c1-20-16-8-4-7-15(17(16)19)12-18-10-9-13-5-2-3-6-14(13)11-18/h2-8,19H,9-12H2,1H3. The highest BCUT2D eigenvalue weighted by Gasteiger charge is 2.17. The van der Waals surface area contributed by atoms with Crippen LogP contribution in [-0.2, 0) is 19.5 Å². The third-order valence-electron chi connectivity index (χ3n) is 3.91. The van der Waals surface area contributed by atoms with Crippen molar-refractivity contribution in [3.8, 4) is 11.5 Å². The third kappa shape index (κ3) is 2.49. The molecule has 1 heterocycles. The van der Waals surface area contributed by atoms with Gasteiger partial charge in [0.05, 0.1) is 7.11 Å². The molecule has 0 saturated heterocycles. The molecule has 0 amide bonds. The molecule has 3 nitrogen and oxygen atoms in total. The van der Waals surface area contributed by atoms with Crippen LogP contribution in [0.5, 0.6) is 11.5 Å². The molecule has 0 unspecified atom stereocenters. The number of nitrogens with zero attached hydrogens (tertiary/aromatic N) is 1. The zero-order valence-electron chi connectivity index (χ0n) is 11.7. The van der Waals surface area contributed by atoms with E-state index in [-0.39, 0.29) is 5.75 Å². The number of hydrogen-bond acceptors (Lipinski definition) is 3. The Balaban J connectivity index is 1.77. The quantitative estimate of drug-likeness (QED) is 0.930. The molecule has 0 atom stereocenters. The highest BCUT2D eigenvalue weighted by atomic mass is 16.5. The van der Waals surface area contributed by atoms with E-state index < -0.39 is 0 Å². The second-order valence-corrected chi connectivity index (χ2v) is 5.20. The minimum absolute atomic E-state index is 0.258. The molecule has 104 valence electrons. The van der Waals surface area contributed by atoms with Gasteiger partial charge < -0.3 is 9.84 Å². The second-order valence-electron chi connectivity index (χ2n) is 5.20. The summed E-state index contributed by atoms with van der Waals surface area (Å²) in [6, 6.07) is 14.2. The Hall–Kier alpha value is -2.00. The van der Waals surface area contributed by atoms with E-state index >= 15 is 0 Å². The van der Waals surface area contributed by atoms with Crippen LogP contribution in [0.1, 0.15) is 16.7 Å². The zero-order chi connectivity index (χ0) is 13.9. The van der Waals surface area contributed by atoms with Crippen molar-refractivity contribution < 1.29 is 9.84 Å². The van der Waals surface area contributed by atoms with Crippen LogP contribution in [-0.4, -0.2) is 23.7 Å². The lowest BCUT2D eigenvalue weighted by Crippen LogP contribution is -2.30. The van der Waals surface area contributed by atoms with Crippen LogP contribution < -0.4 is 4.74 Å². The van der Waals surface area contributed by atoms with Crippen LogP contribution >= 0.6 is 0 Å². The monoisotopic (exact) mass is 269 g/mol. The van der Waals surface area contributed by atoms with E-state index in [9.17, 15) is 5.11 Å². The molecule has 2 aromatic rings. The van der Waals surface area contributed by atoms with E-state index in [0.29, 0.717) is 5.75 Å². The lowest BCUT2D eigenvalue weighted by atomic mass is 9.99. The fourth-order valence-corrected chi connectivity index (χ4v) is 2.79. The van der Waals surface area contributed by atoms with Crippen LogP contribution in [0, 0.1) is 0 Å². The highest BCUT2D eigenvalue weighted by molar-refractivity contribution is 5.45. The fourth-order valence-electron chi connectivity index (χ4n) is 2.79. The van der Waals surface area contributed by atoms with Crippen molar-refractivity contribution in [2.24, 2.45) is 0 Å². The number of aromatic hydroxyl groups is 1. The van der Waals surface area contributed by atoms with Gasteiger partial charge in [-0.15, -0.1) is 0 Å². The van der Waals surface area contributed by atoms with Crippen LogP contribution in [0.4, 0.5) is 0 Å². The zero-order valence-corrected chi connectivity index (χ0v) is 11.7. The summed E-state index contributed by atoms with van der Waals surface area (Å²) >= 11 is 0. The van der Waals surface area contributed by atoms with Gasteiger partial charge in [-0.2, -0.15) is 0 Å². The minimum Gasteiger partial charge on any atom is -0.504 e. The summed E-state index contributed by atoms with van der Waals surface area (Å²) in [5.41, 5.74) is 3.75. The summed E-state index contributed by atoms with van der Waals surface area (Å²) in [5, 5.41) is 10.2. The molecule has 0 radical (unpaired) electrons. The van der Waals surface area contributed by atoms with Crippen LogP contribution in [0.3, 0.4) is 0 Å². The maximum atomic E-state index is 10.2. The number of rotatable bonds is 3. The predicted octanol–water partition coefficient (Wildman–Crippen LogP) is 2.96. The Kier molecular flexibility index (Phi) is 3.61. The van der Waals surface area contributed by atoms with E-state index in [1.807, 2.05) is 12.1 Å². The summed E-state index contributed by atoms with van der Waals surface area (Å²) in [5.74, 6) is 0.800. The van der Waals surface area contributed by atoms with E-state index in [1.54, 1.807) is 13.2 Å². The second kappa shape index (κ2) is 5.55. The number of hydrogen-bond donors (Lipinski definition) is 1. The Morgan fingerprint density at radius 2 is 1.90 bits per heavy atom. The van der Waals surface area contributed by atoms with Crippen LogP contribution in [0.25, 0.3) is 0 Å². The number of ether oxygens (including phenoxy) is 1. The molecule has 0 bridgehead atoms. The summed E-state index contributed by atoms with van der Waals surface area (Å²) in [6.07, 6.45) is 1.07. The number of fused-ring (bicyclic) bond motifs is 1. The largest absolute Gasteiger partial charge is 0.504 e. The first kappa shape index (κ1) is 13.0. The fraction of sp³-hybridized carbons (Fsp3) is 0.294. The van der Waals surface area contributed by atoms with Gasteiger partial charge in [0, 0.05) is 25.2 Å². The maximum Gasteiger partial charge on any atom is 0.162 e. The van der Waals surface area contributed by atoms with Crippen LogP contribution in [0.15, 0.2) is 42.5 Å². The molecular weight excluding hydrogens is 250 g/mol. The molecule has 0 saturated carbocycles. The summed E-state index contributed by atoms with van der Waals surface area (Å²) in [7, 11) is 1.58. The topological polar surface area (TPSA) is 32.7 Å². The van der Waals surface area contributed by atoms with Crippen molar-refractivity contribution in [3.63, 3.8) is 0 Å². The highest BCUT2D eigenvalue weighted by Crippen LogP contribution is 2.31. The van der Waals surface area contributed by atoms with Gasteiger partial charge in [0.2, 0.25) is 0 Å². The molecule has 0 aromatic heterocycles. The smallest absolute Gasteiger partial charge is 0.162 e. The minimum atomic E-state index is 0.258. The Morgan fingerprint density at radius 1 is 1.10 bits per heavy atom. The van der Waals surface area contributed by atoms with Gasteiger partial charge in [0.1, 0.15) is 0 Å². The average molecular weight is 269 g/mol.